The van der Waals surface area contributed by atoms with Gasteiger partial charge in [0.2, 0.25) is 0 Å². The minimum atomic E-state index is -0.545. The van der Waals surface area contributed by atoms with E-state index in [2.05, 4.69) is 16.3 Å². The number of piperidine rings is 1. The number of benzene rings is 1. The SMILES string of the molecule is CNC1CC(OC2CCN(Cc3cccc4c3n(C)c(=O)n4C3CCC(=O)CC3=O)CC2)C1. The summed E-state index contributed by atoms with van der Waals surface area (Å²) < 4.78 is 9.56. The van der Waals surface area contributed by atoms with Gasteiger partial charge in [-0.2, -0.15) is 0 Å². The van der Waals surface area contributed by atoms with Gasteiger partial charge >= 0.3 is 5.69 Å². The van der Waals surface area contributed by atoms with Crippen molar-refractivity contribution in [3.63, 3.8) is 0 Å². The molecule has 1 aromatic carbocycles. The van der Waals surface area contributed by atoms with Crippen molar-refractivity contribution in [2.75, 3.05) is 20.1 Å². The molecule has 0 spiro atoms. The molecule has 0 bridgehead atoms. The Kier molecular flexibility index (Phi) is 6.24. The van der Waals surface area contributed by atoms with Crippen LogP contribution < -0.4 is 11.0 Å². The van der Waals surface area contributed by atoms with Gasteiger partial charge in [-0.05, 0) is 50.8 Å². The number of para-hydroxylation sites is 1. The van der Waals surface area contributed by atoms with Gasteiger partial charge in [0, 0.05) is 39.1 Å². The Morgan fingerprint density at radius 3 is 2.52 bits per heavy atom. The van der Waals surface area contributed by atoms with Crippen molar-refractivity contribution in [3.8, 4) is 0 Å². The van der Waals surface area contributed by atoms with E-state index in [0.29, 0.717) is 31.1 Å². The Morgan fingerprint density at radius 1 is 1.06 bits per heavy atom. The summed E-state index contributed by atoms with van der Waals surface area (Å²) in [7, 11) is 3.79. The lowest BCUT2D eigenvalue weighted by molar-refractivity contribution is -0.132. The molecule has 8 heteroatoms. The van der Waals surface area contributed by atoms with Crippen molar-refractivity contribution in [2.45, 2.75) is 75.8 Å². The van der Waals surface area contributed by atoms with Crippen LogP contribution in [0.3, 0.4) is 0 Å². The third-order valence-electron chi connectivity index (χ3n) is 7.75. The Hall–Kier alpha value is -2.29. The molecule has 1 aromatic heterocycles. The predicted octanol–water partition coefficient (Wildman–Crippen LogP) is 1.93. The van der Waals surface area contributed by atoms with E-state index < -0.39 is 6.04 Å². The normalized spacial score (nSPS) is 27.3. The van der Waals surface area contributed by atoms with Gasteiger partial charge in [0.15, 0.2) is 5.78 Å². The summed E-state index contributed by atoms with van der Waals surface area (Å²) in [6, 6.07) is 6.03. The van der Waals surface area contributed by atoms with Crippen LogP contribution in [0.1, 0.15) is 56.6 Å². The third kappa shape index (κ3) is 4.32. The second-order valence-electron chi connectivity index (χ2n) is 9.92. The molecule has 178 valence electrons. The molecule has 1 N–H and O–H groups in total. The fourth-order valence-electron chi connectivity index (χ4n) is 5.71. The highest BCUT2D eigenvalue weighted by atomic mass is 16.5. The first-order chi connectivity index (χ1) is 15.9. The molecule has 3 aliphatic rings. The van der Waals surface area contributed by atoms with Crippen LogP contribution in [0.5, 0.6) is 0 Å². The Morgan fingerprint density at radius 2 is 1.82 bits per heavy atom. The highest BCUT2D eigenvalue weighted by molar-refractivity contribution is 6.03. The lowest BCUT2D eigenvalue weighted by Crippen LogP contribution is -2.46. The molecule has 0 amide bonds. The van der Waals surface area contributed by atoms with Crippen LogP contribution in [-0.2, 0) is 27.9 Å². The van der Waals surface area contributed by atoms with E-state index in [4.69, 9.17) is 4.74 Å². The number of ether oxygens (including phenoxy) is 1. The van der Waals surface area contributed by atoms with E-state index >= 15 is 0 Å². The first-order valence-electron chi connectivity index (χ1n) is 12.2. The molecule has 1 saturated heterocycles. The fraction of sp³-hybridized carbons (Fsp3) is 0.640. The van der Waals surface area contributed by atoms with E-state index in [9.17, 15) is 14.4 Å². The molecule has 5 rings (SSSR count). The van der Waals surface area contributed by atoms with Crippen LogP contribution in [-0.4, -0.2) is 64.0 Å². The van der Waals surface area contributed by atoms with Crippen molar-refractivity contribution in [1.29, 1.82) is 0 Å². The topological polar surface area (TPSA) is 85.6 Å². The van der Waals surface area contributed by atoms with Gasteiger partial charge in [0.25, 0.3) is 0 Å². The Labute approximate surface area is 193 Å². The smallest absolute Gasteiger partial charge is 0.329 e. The molecule has 1 atom stereocenters. The number of carbonyl (C=O) groups is 2. The van der Waals surface area contributed by atoms with Gasteiger partial charge in [0.05, 0.1) is 35.7 Å². The number of nitrogens with one attached hydrogen (secondary N) is 1. The lowest BCUT2D eigenvalue weighted by Gasteiger charge is -2.40. The summed E-state index contributed by atoms with van der Waals surface area (Å²) in [4.78, 5) is 39.8. The molecular weight excluding hydrogens is 420 g/mol. The zero-order chi connectivity index (χ0) is 23.1. The molecule has 1 unspecified atom stereocenters. The van der Waals surface area contributed by atoms with Crippen LogP contribution in [0.25, 0.3) is 11.0 Å². The maximum Gasteiger partial charge on any atom is 0.329 e. The van der Waals surface area contributed by atoms with Gasteiger partial charge in [-0.3, -0.25) is 23.6 Å². The van der Waals surface area contributed by atoms with Crippen molar-refractivity contribution in [2.24, 2.45) is 7.05 Å². The molecule has 8 nitrogen and oxygen atoms in total. The summed E-state index contributed by atoms with van der Waals surface area (Å²) in [5, 5.41) is 3.31. The number of fused-ring (bicyclic) bond motifs is 1. The number of aromatic nitrogens is 2. The molecule has 2 aliphatic carbocycles. The highest BCUT2D eigenvalue weighted by Crippen LogP contribution is 2.30. The molecule has 33 heavy (non-hydrogen) atoms. The van der Waals surface area contributed by atoms with Crippen LogP contribution in [0.2, 0.25) is 0 Å². The molecule has 2 saturated carbocycles. The first-order valence-corrected chi connectivity index (χ1v) is 12.2. The van der Waals surface area contributed by atoms with Crippen molar-refractivity contribution in [3.05, 3.63) is 34.2 Å². The lowest BCUT2D eigenvalue weighted by atomic mass is 9.89. The van der Waals surface area contributed by atoms with Crippen LogP contribution in [0.4, 0.5) is 0 Å². The summed E-state index contributed by atoms with van der Waals surface area (Å²) in [6.07, 6.45) is 5.72. The van der Waals surface area contributed by atoms with E-state index in [0.717, 1.165) is 61.9 Å². The second-order valence-corrected chi connectivity index (χ2v) is 9.92. The van der Waals surface area contributed by atoms with Crippen LogP contribution >= 0.6 is 0 Å². The van der Waals surface area contributed by atoms with Crippen LogP contribution in [0.15, 0.2) is 23.0 Å². The van der Waals surface area contributed by atoms with E-state index in [-0.39, 0.29) is 23.7 Å². The molecule has 3 fully saturated rings. The Bertz CT molecular complexity index is 1110. The fourth-order valence-corrected chi connectivity index (χ4v) is 5.71. The molecule has 0 radical (unpaired) electrons. The minimum absolute atomic E-state index is 0.0308. The maximum absolute atomic E-state index is 13.1. The second kappa shape index (κ2) is 9.16. The monoisotopic (exact) mass is 454 g/mol. The first kappa shape index (κ1) is 22.5. The largest absolute Gasteiger partial charge is 0.375 e. The summed E-state index contributed by atoms with van der Waals surface area (Å²) >= 11 is 0. The minimum Gasteiger partial charge on any atom is -0.375 e. The number of hydrogen-bond acceptors (Lipinski definition) is 6. The maximum atomic E-state index is 13.1. The van der Waals surface area contributed by atoms with Gasteiger partial charge in [-0.1, -0.05) is 12.1 Å². The van der Waals surface area contributed by atoms with E-state index in [1.165, 1.54) is 0 Å². The molecule has 2 heterocycles. The number of likely N-dealkylation sites (tertiary alicyclic amines) is 1. The van der Waals surface area contributed by atoms with Gasteiger partial charge in [-0.25, -0.2) is 4.79 Å². The highest BCUT2D eigenvalue weighted by Gasteiger charge is 2.33. The average molecular weight is 455 g/mol. The number of hydrogen-bond donors (Lipinski definition) is 1. The molecule has 2 aromatic rings. The van der Waals surface area contributed by atoms with Crippen molar-refractivity contribution >= 4 is 22.6 Å². The van der Waals surface area contributed by atoms with Crippen molar-refractivity contribution in [1.82, 2.24) is 19.4 Å². The molecular formula is C25H34N4O4. The zero-order valence-electron chi connectivity index (χ0n) is 19.6. The number of aryl methyl sites for hydroxylation is 1. The number of ketones is 2. The van der Waals surface area contributed by atoms with Gasteiger partial charge in [-0.15, -0.1) is 0 Å². The van der Waals surface area contributed by atoms with Gasteiger partial charge in [0.1, 0.15) is 5.78 Å². The number of Topliss-reactive ketones (excluding diaryl/α,β-unsaturated/α-hetero) is 2. The summed E-state index contributed by atoms with van der Waals surface area (Å²) in [5.41, 5.74) is 2.59. The number of nitrogens with zero attached hydrogens (tertiary/aromatic N) is 3. The van der Waals surface area contributed by atoms with Crippen molar-refractivity contribution < 1.29 is 14.3 Å². The summed E-state index contributed by atoms with van der Waals surface area (Å²) in [5.74, 6) is -0.183. The predicted molar refractivity (Wildman–Crippen MR) is 125 cm³/mol. The summed E-state index contributed by atoms with van der Waals surface area (Å²) in [6.45, 7) is 2.71. The number of carbonyl (C=O) groups excluding carboxylic acids is 2. The number of imidazole rings is 1. The quantitative estimate of drug-likeness (QED) is 0.672. The van der Waals surface area contributed by atoms with E-state index in [1.54, 1.807) is 16.2 Å². The average Bonchev–Trinajstić information content (AvgIpc) is 3.03. The Balaban J connectivity index is 1.29. The third-order valence-corrected chi connectivity index (χ3v) is 7.75. The van der Waals surface area contributed by atoms with Crippen LogP contribution in [0, 0.1) is 0 Å². The number of rotatable bonds is 6. The van der Waals surface area contributed by atoms with E-state index in [1.807, 2.05) is 19.2 Å². The van der Waals surface area contributed by atoms with Gasteiger partial charge < -0.3 is 10.1 Å². The molecule has 1 aliphatic heterocycles. The standard InChI is InChI=1S/C25H34N4O4/c1-26-17-12-20(13-17)33-19-8-10-28(11-9-19)15-16-4-3-5-22-24(16)27(2)25(32)29(22)21-7-6-18(30)14-23(21)31/h3-5,17,19-21,26H,6-15H2,1-2H3. The zero-order valence-corrected chi connectivity index (χ0v) is 19.6.